The van der Waals surface area contributed by atoms with Crippen molar-refractivity contribution in [1.82, 2.24) is 5.32 Å². The van der Waals surface area contributed by atoms with Crippen LogP contribution in [0.25, 0.3) is 0 Å². The smallest absolute Gasteiger partial charge is 0.367 e. The second kappa shape index (κ2) is 6.50. The van der Waals surface area contributed by atoms with E-state index >= 15 is 0 Å². The van der Waals surface area contributed by atoms with E-state index in [9.17, 15) is 35.3 Å². The van der Waals surface area contributed by atoms with Gasteiger partial charge in [0.25, 0.3) is 5.91 Å². The topological polar surface area (TPSA) is 72.2 Å². The number of hydrogen-bond acceptors (Lipinski definition) is 3. The van der Waals surface area contributed by atoms with Crippen LogP contribution in [0.4, 0.5) is 26.3 Å². The normalized spacial score (nSPS) is 15.7. The fourth-order valence-corrected chi connectivity index (χ4v) is 2.27. The van der Waals surface area contributed by atoms with Crippen LogP contribution in [0, 0.1) is 0 Å². The number of hydrogen-bond donors (Lipinski definition) is 2. The largest absolute Gasteiger partial charge is 0.400 e. The fourth-order valence-electron chi connectivity index (χ4n) is 0.890. The summed E-state index contributed by atoms with van der Waals surface area (Å²) in [4.78, 5) is 9.82. The molecule has 0 aromatic rings. The van der Waals surface area contributed by atoms with Crippen LogP contribution in [0.15, 0.2) is 0 Å². The highest BCUT2D eigenvalue weighted by Crippen LogP contribution is 2.20. The van der Waals surface area contributed by atoms with Gasteiger partial charge >= 0.3 is 12.4 Å². The molecule has 0 aliphatic carbocycles. The Balaban J connectivity index is 4.72. The van der Waals surface area contributed by atoms with Crippen LogP contribution >= 0.6 is 12.2 Å². The molecule has 0 aliphatic rings. The van der Waals surface area contributed by atoms with E-state index in [2.05, 4.69) is 18.0 Å². The molecule has 0 radical (unpaired) electrons. The quantitative estimate of drug-likeness (QED) is 0.582. The van der Waals surface area contributed by atoms with Gasteiger partial charge in [-0.2, -0.15) is 26.3 Å². The van der Waals surface area contributed by atoms with Gasteiger partial charge in [-0.05, 0) is 0 Å². The standard InChI is InChI=1S/C7H8F6N2O2S2/c8-6(9,10)1-3(18)15-5(4(14)16)19(17)2-7(11,12)13/h5H,1-2H2,(H2,14,16)(H,15,18). The van der Waals surface area contributed by atoms with E-state index in [4.69, 9.17) is 0 Å². The van der Waals surface area contributed by atoms with Crippen molar-refractivity contribution in [3.8, 4) is 0 Å². The number of carbonyl (C=O) groups excluding carboxylic acids is 1. The van der Waals surface area contributed by atoms with Crippen molar-refractivity contribution < 1.29 is 35.3 Å². The summed E-state index contributed by atoms with van der Waals surface area (Å²) in [6.07, 6.45) is -11.2. The summed E-state index contributed by atoms with van der Waals surface area (Å²) in [7, 11) is -2.87. The first kappa shape index (κ1) is 18.1. The number of nitrogens with two attached hydrogens (primary N) is 1. The Bertz CT molecular complexity index is 381. The molecular weight excluding hydrogens is 322 g/mol. The number of alkyl halides is 6. The van der Waals surface area contributed by atoms with Gasteiger partial charge in [0.05, 0.1) is 22.2 Å². The number of primary amides is 1. The van der Waals surface area contributed by atoms with Gasteiger partial charge in [0, 0.05) is 0 Å². The van der Waals surface area contributed by atoms with Crippen molar-refractivity contribution in [3.63, 3.8) is 0 Å². The molecule has 12 heteroatoms. The van der Waals surface area contributed by atoms with Gasteiger partial charge in [0.15, 0.2) is 5.37 Å². The Morgan fingerprint density at radius 3 is 2.00 bits per heavy atom. The van der Waals surface area contributed by atoms with Crippen molar-refractivity contribution in [1.29, 1.82) is 0 Å². The van der Waals surface area contributed by atoms with E-state index in [1.54, 1.807) is 5.32 Å². The highest BCUT2D eigenvalue weighted by atomic mass is 32.2. The lowest BCUT2D eigenvalue weighted by molar-refractivity contribution is -0.122. The SMILES string of the molecule is NC(=O)C(NC(=S)CC(F)(F)F)S(=O)CC(F)(F)F. The maximum absolute atomic E-state index is 12.0. The number of rotatable bonds is 5. The van der Waals surface area contributed by atoms with Crippen molar-refractivity contribution in [3.05, 3.63) is 0 Å². The predicted octanol–water partition coefficient (Wildman–Crippen LogP) is 0.978. The van der Waals surface area contributed by atoms with Gasteiger partial charge in [-0.1, -0.05) is 12.2 Å². The summed E-state index contributed by atoms with van der Waals surface area (Å²) < 4.78 is 82.8. The van der Waals surface area contributed by atoms with Crippen LogP contribution in [0.5, 0.6) is 0 Å². The van der Waals surface area contributed by atoms with E-state index in [1.807, 2.05) is 0 Å². The van der Waals surface area contributed by atoms with Crippen LogP contribution in [-0.2, 0) is 15.6 Å². The van der Waals surface area contributed by atoms with Crippen molar-refractivity contribution >= 4 is 33.9 Å². The summed E-state index contributed by atoms with van der Waals surface area (Å²) in [5.41, 5.74) is 4.67. The first-order valence-electron chi connectivity index (χ1n) is 4.41. The number of nitrogens with one attached hydrogen (secondary N) is 1. The van der Waals surface area contributed by atoms with E-state index in [0.29, 0.717) is 0 Å². The van der Waals surface area contributed by atoms with Crippen molar-refractivity contribution in [2.45, 2.75) is 24.1 Å². The molecule has 0 rings (SSSR count). The number of carbonyl (C=O) groups is 1. The van der Waals surface area contributed by atoms with Crippen LogP contribution in [0.1, 0.15) is 6.42 Å². The highest BCUT2D eigenvalue weighted by Gasteiger charge is 2.37. The monoisotopic (exact) mass is 330 g/mol. The van der Waals surface area contributed by atoms with E-state index in [-0.39, 0.29) is 0 Å². The Morgan fingerprint density at radius 1 is 1.21 bits per heavy atom. The van der Waals surface area contributed by atoms with E-state index < -0.39 is 51.6 Å². The summed E-state index contributed by atoms with van der Waals surface area (Å²) in [5, 5.41) is -0.496. The molecule has 0 spiro atoms. The minimum atomic E-state index is -4.86. The number of amides is 1. The van der Waals surface area contributed by atoms with Crippen LogP contribution < -0.4 is 11.1 Å². The van der Waals surface area contributed by atoms with Gasteiger partial charge in [-0.15, -0.1) is 0 Å². The third-order valence-electron chi connectivity index (χ3n) is 1.48. The lowest BCUT2D eigenvalue weighted by atomic mass is 10.4. The lowest BCUT2D eigenvalue weighted by Crippen LogP contribution is -2.49. The lowest BCUT2D eigenvalue weighted by Gasteiger charge is -2.18. The predicted molar refractivity (Wildman–Crippen MR) is 58.5 cm³/mol. The molecule has 2 unspecified atom stereocenters. The van der Waals surface area contributed by atoms with Gasteiger partial charge < -0.3 is 11.1 Å². The zero-order chi connectivity index (χ0) is 15.4. The molecule has 0 aromatic carbocycles. The molecule has 3 N–H and O–H groups in total. The van der Waals surface area contributed by atoms with Crippen LogP contribution in [0.3, 0.4) is 0 Å². The first-order valence-corrected chi connectivity index (χ1v) is 6.20. The zero-order valence-corrected chi connectivity index (χ0v) is 10.6. The molecule has 1 amide bonds. The van der Waals surface area contributed by atoms with E-state index in [1.165, 1.54) is 0 Å². The minimum absolute atomic E-state index is 0.966. The first-order chi connectivity index (χ1) is 8.32. The maximum Gasteiger partial charge on any atom is 0.400 e. The summed E-state index contributed by atoms with van der Waals surface area (Å²) in [6, 6.07) is 0. The molecule has 0 aliphatic heterocycles. The average Bonchev–Trinajstić information content (AvgIpc) is 2.07. The molecule has 0 aromatic heterocycles. The average molecular weight is 330 g/mol. The maximum atomic E-state index is 12.0. The summed E-state index contributed by atoms with van der Waals surface area (Å²) in [5.74, 6) is -3.38. The molecule has 0 heterocycles. The molecule has 0 fully saturated rings. The van der Waals surface area contributed by atoms with Crippen molar-refractivity contribution in [2.75, 3.05) is 5.75 Å². The second-order valence-corrected chi connectivity index (χ2v) is 5.30. The highest BCUT2D eigenvalue weighted by molar-refractivity contribution is 7.86. The molecule has 4 nitrogen and oxygen atoms in total. The molecule has 112 valence electrons. The molecular formula is C7H8F6N2O2S2. The Hall–Kier alpha value is -0.910. The summed E-state index contributed by atoms with van der Waals surface area (Å²) in [6.45, 7) is 0. The Morgan fingerprint density at radius 2 is 1.68 bits per heavy atom. The molecule has 0 saturated carbocycles. The van der Waals surface area contributed by atoms with Gasteiger partial charge in [0.1, 0.15) is 5.75 Å². The third kappa shape index (κ3) is 8.75. The van der Waals surface area contributed by atoms with Gasteiger partial charge in [-0.25, -0.2) is 0 Å². The van der Waals surface area contributed by atoms with Crippen LogP contribution in [-0.4, -0.2) is 38.6 Å². The van der Waals surface area contributed by atoms with E-state index in [0.717, 1.165) is 0 Å². The minimum Gasteiger partial charge on any atom is -0.367 e. The second-order valence-electron chi connectivity index (χ2n) is 3.28. The van der Waals surface area contributed by atoms with Gasteiger partial charge in [-0.3, -0.25) is 9.00 Å². The fraction of sp³-hybridized carbons (Fsp3) is 0.714. The van der Waals surface area contributed by atoms with Gasteiger partial charge in [0.2, 0.25) is 0 Å². The Labute approximate surface area is 111 Å². The number of thiocarbonyl (C=S) groups is 1. The summed E-state index contributed by atoms with van der Waals surface area (Å²) >= 11 is 4.20. The zero-order valence-electron chi connectivity index (χ0n) is 8.97. The van der Waals surface area contributed by atoms with Crippen LogP contribution in [0.2, 0.25) is 0 Å². The molecule has 0 saturated heterocycles. The number of halogens is 6. The molecule has 2 atom stereocenters. The Kier molecular flexibility index (Phi) is 6.19. The van der Waals surface area contributed by atoms with Crippen molar-refractivity contribution in [2.24, 2.45) is 5.73 Å². The third-order valence-corrected chi connectivity index (χ3v) is 3.23. The molecule has 19 heavy (non-hydrogen) atoms. The molecule has 0 bridgehead atoms.